The Bertz CT molecular complexity index is 1210. The molecule has 0 unspecified atom stereocenters. The van der Waals surface area contributed by atoms with Crippen molar-refractivity contribution in [3.63, 3.8) is 0 Å². The number of rotatable bonds is 2. The molecule has 1 saturated carbocycles. The van der Waals surface area contributed by atoms with Crippen molar-refractivity contribution in [3.05, 3.63) is 47.5 Å². The summed E-state index contributed by atoms with van der Waals surface area (Å²) in [5.74, 6) is -4.62. The van der Waals surface area contributed by atoms with Crippen molar-refractivity contribution in [2.75, 3.05) is 7.05 Å². The number of hydrogen-bond donors (Lipinski definition) is 1. The third-order valence-corrected chi connectivity index (χ3v) is 9.94. The maximum atomic E-state index is 14.3. The molecule has 7 nitrogen and oxygen atoms in total. The highest BCUT2D eigenvalue weighted by Gasteiger charge is 2.79. The SMILES string of the molecule is CC1=C[C@@]2(O)[C@@H]([C@]3(C)C[C@H](C)C[C@H](C)C(=O)O3)CC(=O)[C@]23C(=O)N(C)C(=O)[C@@H](c2ccccc2)[C@@H]3[C@@H]1C. The fourth-order valence-electron chi connectivity index (χ4n) is 8.26. The number of imide groups is 1. The number of ether oxygens (including phenoxy) is 1. The number of Topliss-reactive ketones (excluding diaryl/α,β-unsaturated/α-hetero) is 1. The number of allylic oxidation sites excluding steroid dienone is 1. The number of piperidine rings is 1. The lowest BCUT2D eigenvalue weighted by Gasteiger charge is -2.58. The highest BCUT2D eigenvalue weighted by atomic mass is 16.6. The summed E-state index contributed by atoms with van der Waals surface area (Å²) in [6.45, 7) is 9.48. The number of hydrogen-bond acceptors (Lipinski definition) is 6. The lowest BCUT2D eigenvalue weighted by molar-refractivity contribution is -0.199. The summed E-state index contributed by atoms with van der Waals surface area (Å²) in [6.07, 6.45) is 2.69. The van der Waals surface area contributed by atoms with Crippen molar-refractivity contribution in [3.8, 4) is 0 Å². The van der Waals surface area contributed by atoms with E-state index in [2.05, 4.69) is 0 Å². The first kappa shape index (κ1) is 25.8. The van der Waals surface area contributed by atoms with Crippen LogP contribution in [0.2, 0.25) is 0 Å². The Morgan fingerprint density at radius 2 is 1.70 bits per heavy atom. The number of carbonyl (C=O) groups excluding carboxylic acids is 4. The molecule has 5 rings (SSSR count). The summed E-state index contributed by atoms with van der Waals surface area (Å²) in [5, 5.41) is 12.8. The van der Waals surface area contributed by atoms with Crippen LogP contribution in [-0.2, 0) is 23.9 Å². The Hall–Kier alpha value is -2.80. The van der Waals surface area contributed by atoms with Crippen LogP contribution in [0.5, 0.6) is 0 Å². The number of likely N-dealkylation sites (tertiary alicyclic amines) is 1. The van der Waals surface area contributed by atoms with Crippen LogP contribution in [0.1, 0.15) is 65.4 Å². The highest BCUT2D eigenvalue weighted by Crippen LogP contribution is 2.67. The number of aliphatic hydroxyl groups is 1. The van der Waals surface area contributed by atoms with Crippen LogP contribution in [0.4, 0.5) is 0 Å². The van der Waals surface area contributed by atoms with Crippen LogP contribution in [0, 0.1) is 35.0 Å². The molecular weight excluding hydrogens is 470 g/mol. The molecule has 2 amide bonds. The van der Waals surface area contributed by atoms with E-state index in [1.54, 1.807) is 13.0 Å². The highest BCUT2D eigenvalue weighted by molar-refractivity contribution is 6.17. The first-order valence-electron chi connectivity index (χ1n) is 13.3. The summed E-state index contributed by atoms with van der Waals surface area (Å²) in [7, 11) is 1.40. The van der Waals surface area contributed by atoms with Crippen molar-refractivity contribution in [1.29, 1.82) is 0 Å². The minimum atomic E-state index is -1.91. The lowest BCUT2D eigenvalue weighted by Crippen LogP contribution is -2.72. The second-order valence-corrected chi connectivity index (χ2v) is 12.3. The molecule has 2 saturated heterocycles. The maximum absolute atomic E-state index is 14.3. The van der Waals surface area contributed by atoms with Gasteiger partial charge in [-0.1, -0.05) is 62.8 Å². The number of nitrogens with zero attached hydrogens (tertiary/aromatic N) is 1. The predicted molar refractivity (Wildman–Crippen MR) is 136 cm³/mol. The van der Waals surface area contributed by atoms with Gasteiger partial charge in [0.05, 0.1) is 11.8 Å². The zero-order chi connectivity index (χ0) is 27.1. The first-order chi connectivity index (χ1) is 17.3. The van der Waals surface area contributed by atoms with Crippen molar-refractivity contribution in [1.82, 2.24) is 4.90 Å². The Morgan fingerprint density at radius 3 is 2.35 bits per heavy atom. The quantitative estimate of drug-likeness (QED) is 0.284. The Morgan fingerprint density at radius 1 is 1.05 bits per heavy atom. The summed E-state index contributed by atoms with van der Waals surface area (Å²) >= 11 is 0. The number of benzene rings is 1. The summed E-state index contributed by atoms with van der Waals surface area (Å²) in [5.41, 5.74) is -3.38. The minimum absolute atomic E-state index is 0.107. The maximum Gasteiger partial charge on any atom is 0.309 e. The van der Waals surface area contributed by atoms with Gasteiger partial charge in [-0.3, -0.25) is 24.1 Å². The van der Waals surface area contributed by atoms with E-state index in [0.29, 0.717) is 18.4 Å². The van der Waals surface area contributed by atoms with Crippen LogP contribution in [0.15, 0.2) is 42.0 Å². The molecule has 2 aliphatic carbocycles. The van der Waals surface area contributed by atoms with E-state index >= 15 is 0 Å². The van der Waals surface area contributed by atoms with Crippen molar-refractivity contribution >= 4 is 23.6 Å². The molecule has 4 aliphatic rings. The van der Waals surface area contributed by atoms with Gasteiger partial charge in [0.1, 0.15) is 16.6 Å². The number of ketones is 1. The molecule has 2 aliphatic heterocycles. The van der Waals surface area contributed by atoms with Gasteiger partial charge in [0.15, 0.2) is 5.78 Å². The molecule has 0 radical (unpaired) electrons. The van der Waals surface area contributed by atoms with Crippen molar-refractivity contribution in [2.45, 2.75) is 71.0 Å². The van der Waals surface area contributed by atoms with E-state index in [9.17, 15) is 24.3 Å². The second kappa shape index (κ2) is 8.35. The Labute approximate surface area is 218 Å². The number of carbonyl (C=O) groups is 4. The van der Waals surface area contributed by atoms with Gasteiger partial charge in [0.2, 0.25) is 11.8 Å². The van der Waals surface area contributed by atoms with Crippen LogP contribution in [-0.4, -0.2) is 51.8 Å². The van der Waals surface area contributed by atoms with Gasteiger partial charge in [-0.15, -0.1) is 0 Å². The number of esters is 1. The van der Waals surface area contributed by atoms with Gasteiger partial charge in [0, 0.05) is 25.3 Å². The largest absolute Gasteiger partial charge is 0.459 e. The average Bonchev–Trinajstić information content (AvgIpc) is 3.01. The fourth-order valence-corrected chi connectivity index (χ4v) is 8.26. The summed E-state index contributed by atoms with van der Waals surface area (Å²) < 4.78 is 6.09. The van der Waals surface area contributed by atoms with E-state index in [0.717, 1.165) is 10.5 Å². The van der Waals surface area contributed by atoms with Gasteiger partial charge in [0.25, 0.3) is 0 Å². The Balaban J connectivity index is 1.75. The third-order valence-electron chi connectivity index (χ3n) is 9.94. The average molecular weight is 508 g/mol. The first-order valence-corrected chi connectivity index (χ1v) is 13.3. The topological polar surface area (TPSA) is 101 Å². The number of likely N-dealkylation sites (N-methyl/N-ethyl adjacent to an activating group) is 1. The fraction of sp³-hybridized carbons (Fsp3) is 0.600. The van der Waals surface area contributed by atoms with Gasteiger partial charge in [-0.05, 0) is 44.1 Å². The third kappa shape index (κ3) is 3.28. The van der Waals surface area contributed by atoms with E-state index in [4.69, 9.17) is 4.74 Å². The molecule has 9 atom stereocenters. The molecule has 37 heavy (non-hydrogen) atoms. The van der Waals surface area contributed by atoms with Crippen LogP contribution < -0.4 is 0 Å². The van der Waals surface area contributed by atoms with E-state index in [1.165, 1.54) is 7.05 Å². The molecule has 2 heterocycles. The van der Waals surface area contributed by atoms with Crippen LogP contribution in [0.3, 0.4) is 0 Å². The monoisotopic (exact) mass is 507 g/mol. The molecule has 1 aromatic carbocycles. The zero-order valence-electron chi connectivity index (χ0n) is 22.5. The van der Waals surface area contributed by atoms with E-state index in [1.807, 2.05) is 58.0 Å². The molecule has 198 valence electrons. The molecule has 7 heteroatoms. The molecule has 1 spiro atoms. The molecule has 0 bridgehead atoms. The lowest BCUT2D eigenvalue weighted by atomic mass is 9.48. The van der Waals surface area contributed by atoms with Gasteiger partial charge < -0.3 is 9.84 Å². The normalized spacial score (nSPS) is 44.1. The second-order valence-electron chi connectivity index (χ2n) is 12.3. The molecule has 1 aromatic rings. The van der Waals surface area contributed by atoms with E-state index in [-0.39, 0.29) is 41.8 Å². The molecule has 3 fully saturated rings. The van der Waals surface area contributed by atoms with Gasteiger partial charge >= 0.3 is 5.97 Å². The van der Waals surface area contributed by atoms with Crippen molar-refractivity contribution in [2.24, 2.45) is 35.0 Å². The molecule has 0 aromatic heterocycles. The van der Waals surface area contributed by atoms with Crippen LogP contribution in [0.25, 0.3) is 0 Å². The minimum Gasteiger partial charge on any atom is -0.459 e. The smallest absolute Gasteiger partial charge is 0.309 e. The van der Waals surface area contributed by atoms with Gasteiger partial charge in [-0.25, -0.2) is 0 Å². The Kier molecular flexibility index (Phi) is 5.83. The number of amides is 2. The van der Waals surface area contributed by atoms with Crippen LogP contribution >= 0.6 is 0 Å². The van der Waals surface area contributed by atoms with Gasteiger partial charge in [-0.2, -0.15) is 0 Å². The molecular formula is C30H37NO6. The molecule has 1 N–H and O–H groups in total. The summed E-state index contributed by atoms with van der Waals surface area (Å²) in [6, 6.07) is 9.21. The van der Waals surface area contributed by atoms with Crippen molar-refractivity contribution < 1.29 is 29.0 Å². The van der Waals surface area contributed by atoms with E-state index < -0.39 is 40.3 Å². The zero-order valence-corrected chi connectivity index (χ0v) is 22.5. The standard InChI is InChI=1S/C30H37NO6/c1-16-12-17(2)26(34)37-28(5,14-16)21-13-22(32)30-24(19(4)18(3)15-29(21,30)36)23(20-10-8-7-9-11-20)25(33)31(6)27(30)35/h7-11,15-17,19,21,23-24,36H,12-14H2,1-6H3/t16-,17+,19-,21-,23+,24+,28+,29-,30+/m1/s1. The predicted octanol–water partition coefficient (Wildman–Crippen LogP) is 3.66. The summed E-state index contributed by atoms with van der Waals surface area (Å²) in [4.78, 5) is 56.1. The number of cyclic esters (lactones) is 1.